The molecule has 7 nitrogen and oxygen atoms in total. The maximum absolute atomic E-state index is 12.1. The number of nitrogens with zero attached hydrogens (tertiary/aromatic N) is 2. The smallest absolute Gasteiger partial charge is 0.224 e. The number of hydrogen-bond acceptors (Lipinski definition) is 6. The van der Waals surface area contributed by atoms with Gasteiger partial charge in [-0.05, 0) is 30.5 Å². The van der Waals surface area contributed by atoms with Crippen LogP contribution in [0, 0.1) is 0 Å². The molecular weight excluding hydrogens is 360 g/mol. The highest BCUT2D eigenvalue weighted by Gasteiger charge is 2.38. The van der Waals surface area contributed by atoms with Crippen LogP contribution < -0.4 is 4.74 Å². The van der Waals surface area contributed by atoms with Gasteiger partial charge in [0.25, 0.3) is 0 Å². The van der Waals surface area contributed by atoms with Crippen molar-refractivity contribution >= 4 is 5.91 Å². The summed E-state index contributed by atoms with van der Waals surface area (Å²) in [7, 11) is 5.20. The van der Waals surface area contributed by atoms with Gasteiger partial charge in [-0.15, -0.1) is 0 Å². The van der Waals surface area contributed by atoms with Crippen LogP contribution in [0.5, 0.6) is 5.75 Å². The van der Waals surface area contributed by atoms with Crippen molar-refractivity contribution in [3.8, 4) is 5.75 Å². The van der Waals surface area contributed by atoms with Crippen LogP contribution in [-0.4, -0.2) is 86.1 Å². The van der Waals surface area contributed by atoms with Crippen LogP contribution >= 0.6 is 0 Å². The molecule has 1 N–H and O–H groups in total. The number of ether oxygens (including phenoxy) is 3. The van der Waals surface area contributed by atoms with Crippen LogP contribution in [0.15, 0.2) is 24.3 Å². The molecule has 2 saturated heterocycles. The van der Waals surface area contributed by atoms with Crippen molar-refractivity contribution in [3.05, 3.63) is 29.8 Å². The summed E-state index contributed by atoms with van der Waals surface area (Å²) >= 11 is 0. The van der Waals surface area contributed by atoms with Crippen molar-refractivity contribution in [2.45, 2.75) is 50.2 Å². The number of carbonyl (C=O) groups excluding carboxylic acids is 1. The van der Waals surface area contributed by atoms with Gasteiger partial charge in [-0.1, -0.05) is 12.1 Å². The predicted molar refractivity (Wildman–Crippen MR) is 105 cm³/mol. The summed E-state index contributed by atoms with van der Waals surface area (Å²) in [5.74, 6) is 0.915. The van der Waals surface area contributed by atoms with Gasteiger partial charge in [-0.2, -0.15) is 0 Å². The molecule has 2 aliphatic heterocycles. The van der Waals surface area contributed by atoms with E-state index in [-0.39, 0.29) is 24.2 Å². The fraction of sp³-hybridized carbons (Fsp3) is 0.667. The number of amides is 1. The molecule has 28 heavy (non-hydrogen) atoms. The molecule has 0 unspecified atom stereocenters. The van der Waals surface area contributed by atoms with Crippen molar-refractivity contribution in [1.29, 1.82) is 0 Å². The van der Waals surface area contributed by atoms with E-state index in [2.05, 4.69) is 17.0 Å². The summed E-state index contributed by atoms with van der Waals surface area (Å²) in [6, 6.07) is 8.17. The van der Waals surface area contributed by atoms with Crippen molar-refractivity contribution < 1.29 is 24.1 Å². The van der Waals surface area contributed by atoms with E-state index in [1.807, 2.05) is 12.1 Å². The molecule has 0 saturated carbocycles. The molecule has 1 aromatic rings. The van der Waals surface area contributed by atoms with Crippen molar-refractivity contribution in [1.82, 2.24) is 9.80 Å². The van der Waals surface area contributed by atoms with Gasteiger partial charge >= 0.3 is 0 Å². The van der Waals surface area contributed by atoms with Crippen LogP contribution in [0.1, 0.15) is 24.8 Å². The van der Waals surface area contributed by atoms with E-state index < -0.39 is 6.10 Å². The second-order valence-corrected chi connectivity index (χ2v) is 7.90. The third-order valence-electron chi connectivity index (χ3n) is 5.53. The van der Waals surface area contributed by atoms with Crippen molar-refractivity contribution in [3.63, 3.8) is 0 Å². The number of hydrogen-bond donors (Lipinski definition) is 1. The van der Waals surface area contributed by atoms with Crippen molar-refractivity contribution in [2.75, 3.05) is 41.0 Å². The minimum absolute atomic E-state index is 0.0769. The summed E-state index contributed by atoms with van der Waals surface area (Å²) in [5.41, 5.74) is 1.16. The van der Waals surface area contributed by atoms with Gasteiger partial charge in [0.05, 0.1) is 45.1 Å². The molecule has 2 aliphatic rings. The third kappa shape index (κ3) is 5.44. The number of methoxy groups -OCH3 is 1. The van der Waals surface area contributed by atoms with Crippen LogP contribution in [0.2, 0.25) is 0 Å². The topological polar surface area (TPSA) is 71.5 Å². The van der Waals surface area contributed by atoms with E-state index in [0.717, 1.165) is 30.7 Å². The second kappa shape index (κ2) is 9.69. The Morgan fingerprint density at radius 1 is 1.25 bits per heavy atom. The minimum Gasteiger partial charge on any atom is -0.497 e. The molecule has 0 aliphatic carbocycles. The molecule has 0 bridgehead atoms. The highest BCUT2D eigenvalue weighted by molar-refractivity contribution is 5.76. The Bertz CT molecular complexity index is 636. The molecule has 7 heteroatoms. The summed E-state index contributed by atoms with van der Waals surface area (Å²) in [4.78, 5) is 16.0. The van der Waals surface area contributed by atoms with Crippen LogP contribution in [0.3, 0.4) is 0 Å². The van der Waals surface area contributed by atoms with E-state index in [9.17, 15) is 9.90 Å². The molecule has 0 spiro atoms. The number of β-amino-alcohol motifs (C(OH)–C–C–N with tert-alkyl or cyclic N) is 1. The number of carbonyl (C=O) groups is 1. The zero-order valence-corrected chi connectivity index (χ0v) is 17.0. The number of aliphatic hydroxyl groups is 1. The summed E-state index contributed by atoms with van der Waals surface area (Å²) in [5, 5.41) is 10.3. The van der Waals surface area contributed by atoms with Gasteiger partial charge in [-0.25, -0.2) is 0 Å². The number of aliphatic hydroxyl groups excluding tert-OH is 1. The number of fused-ring (bicyclic) bond motifs is 1. The first-order valence-corrected chi connectivity index (χ1v) is 9.94. The molecule has 2 fully saturated rings. The Balaban J connectivity index is 1.69. The quantitative estimate of drug-likeness (QED) is 0.814. The lowest BCUT2D eigenvalue weighted by molar-refractivity contribution is -0.160. The fourth-order valence-electron chi connectivity index (χ4n) is 3.97. The van der Waals surface area contributed by atoms with E-state index in [0.29, 0.717) is 26.2 Å². The fourth-order valence-corrected chi connectivity index (χ4v) is 3.97. The van der Waals surface area contributed by atoms with Crippen LogP contribution in [0.4, 0.5) is 0 Å². The van der Waals surface area contributed by atoms with Gasteiger partial charge in [0.15, 0.2) is 0 Å². The minimum atomic E-state index is -0.521. The first kappa shape index (κ1) is 21.0. The SMILES string of the molecule is COc1ccc(CN2C[C@H](O)COC[C@@H]3O[C@H](CC(=O)N(C)C)CC[C@H]32)cc1. The van der Waals surface area contributed by atoms with E-state index >= 15 is 0 Å². The molecule has 0 aromatic heterocycles. The lowest BCUT2D eigenvalue weighted by Crippen LogP contribution is -2.55. The molecule has 1 aromatic carbocycles. The Labute approximate surface area is 167 Å². The van der Waals surface area contributed by atoms with Crippen LogP contribution in [0.25, 0.3) is 0 Å². The van der Waals surface area contributed by atoms with Gasteiger partial charge in [0.2, 0.25) is 5.91 Å². The largest absolute Gasteiger partial charge is 0.497 e. The zero-order valence-electron chi connectivity index (χ0n) is 17.0. The van der Waals surface area contributed by atoms with E-state index in [4.69, 9.17) is 14.2 Å². The lowest BCUT2D eigenvalue weighted by Gasteiger charge is -2.44. The second-order valence-electron chi connectivity index (χ2n) is 7.90. The lowest BCUT2D eigenvalue weighted by atomic mass is 9.94. The molecule has 1 amide bonds. The Hall–Kier alpha value is -1.67. The molecule has 0 radical (unpaired) electrons. The monoisotopic (exact) mass is 392 g/mol. The van der Waals surface area contributed by atoms with Gasteiger partial charge in [0.1, 0.15) is 5.75 Å². The highest BCUT2D eigenvalue weighted by Crippen LogP contribution is 2.29. The highest BCUT2D eigenvalue weighted by atomic mass is 16.5. The molecule has 3 rings (SSSR count). The molecule has 4 atom stereocenters. The number of rotatable bonds is 5. The normalized spacial score (nSPS) is 28.7. The first-order valence-electron chi connectivity index (χ1n) is 9.94. The Morgan fingerprint density at radius 2 is 2.00 bits per heavy atom. The van der Waals surface area contributed by atoms with Gasteiger partial charge in [-0.3, -0.25) is 9.69 Å². The summed E-state index contributed by atoms with van der Waals surface area (Å²) in [6.45, 7) is 2.01. The molecule has 156 valence electrons. The average molecular weight is 392 g/mol. The Morgan fingerprint density at radius 3 is 2.68 bits per heavy atom. The van der Waals surface area contributed by atoms with Gasteiger partial charge in [0, 0.05) is 33.2 Å². The predicted octanol–water partition coefficient (Wildman–Crippen LogP) is 1.28. The molecule has 2 heterocycles. The summed E-state index contributed by atoms with van der Waals surface area (Å²) in [6.07, 6.45) is 1.45. The van der Waals surface area contributed by atoms with E-state index in [1.54, 1.807) is 26.1 Å². The third-order valence-corrected chi connectivity index (χ3v) is 5.53. The standard InChI is InChI=1S/C21H32N2O5/c1-22(2)21(25)10-18-8-9-19-20(28-18)14-27-13-16(24)12-23(19)11-15-4-6-17(26-3)7-5-15/h4-7,16,18-20,24H,8-14H2,1-3H3/t16-,18-,19+,20-/m0/s1. The van der Waals surface area contributed by atoms with Crippen LogP contribution in [-0.2, 0) is 20.8 Å². The first-order chi connectivity index (χ1) is 13.5. The van der Waals surface area contributed by atoms with E-state index in [1.165, 1.54) is 0 Å². The maximum atomic E-state index is 12.1. The van der Waals surface area contributed by atoms with Crippen molar-refractivity contribution in [2.24, 2.45) is 0 Å². The van der Waals surface area contributed by atoms with Gasteiger partial charge < -0.3 is 24.2 Å². The molecular formula is C21H32N2O5. The Kier molecular flexibility index (Phi) is 7.29. The summed E-state index contributed by atoms with van der Waals surface area (Å²) < 4.78 is 17.2. The zero-order chi connectivity index (χ0) is 20.1. The maximum Gasteiger partial charge on any atom is 0.224 e. The number of benzene rings is 1. The average Bonchev–Trinajstić information content (AvgIpc) is 2.67.